The molecule has 1 aromatic heterocycles. The predicted molar refractivity (Wildman–Crippen MR) is 73.8 cm³/mol. The van der Waals surface area contributed by atoms with Gasteiger partial charge in [0.15, 0.2) is 5.82 Å². The first-order valence-corrected chi connectivity index (χ1v) is 6.09. The highest BCUT2D eigenvalue weighted by molar-refractivity contribution is 5.61. The lowest BCUT2D eigenvalue weighted by molar-refractivity contribution is 0.940. The van der Waals surface area contributed by atoms with E-state index in [0.717, 1.165) is 23.6 Å². The quantitative estimate of drug-likeness (QED) is 0.893. The first-order valence-electron chi connectivity index (χ1n) is 6.09. The molecule has 0 fully saturated rings. The van der Waals surface area contributed by atoms with Crippen LogP contribution in [0.15, 0.2) is 36.7 Å². The number of benzene rings is 1. The number of rotatable bonds is 4. The highest BCUT2D eigenvalue weighted by Gasteiger charge is 2.10. The molecular weight excluding hydrogens is 224 g/mol. The molecule has 0 unspecified atom stereocenters. The minimum Gasteiger partial charge on any atom is -0.328 e. The molecule has 18 heavy (non-hydrogen) atoms. The van der Waals surface area contributed by atoms with Gasteiger partial charge < -0.3 is 10.6 Å². The van der Waals surface area contributed by atoms with E-state index in [9.17, 15) is 0 Å². The molecular formula is C14H18N4. The van der Waals surface area contributed by atoms with Crippen LogP contribution in [0.5, 0.6) is 0 Å². The van der Waals surface area contributed by atoms with Gasteiger partial charge in [-0.05, 0) is 24.1 Å². The van der Waals surface area contributed by atoms with Crippen molar-refractivity contribution in [2.45, 2.75) is 19.9 Å². The maximum absolute atomic E-state index is 5.68. The zero-order chi connectivity index (χ0) is 13.0. The fourth-order valence-corrected chi connectivity index (χ4v) is 1.86. The fourth-order valence-electron chi connectivity index (χ4n) is 1.86. The molecule has 94 valence electrons. The van der Waals surface area contributed by atoms with Gasteiger partial charge in [0.1, 0.15) is 0 Å². The number of nitrogens with zero attached hydrogens (tertiary/aromatic N) is 3. The van der Waals surface area contributed by atoms with Crippen LogP contribution in [0.25, 0.3) is 0 Å². The molecule has 0 aliphatic heterocycles. The molecule has 4 heteroatoms. The molecule has 0 atom stereocenters. The smallest absolute Gasteiger partial charge is 0.155 e. The first kappa shape index (κ1) is 12.5. The standard InChI is InChI=1S/C14H18N4/c1-3-11-4-6-12(7-5-11)18(2)14-13(10-15)16-8-9-17-14/h4-9H,3,10,15H2,1-2H3. The van der Waals surface area contributed by atoms with Gasteiger partial charge in [-0.3, -0.25) is 4.98 Å². The molecule has 0 saturated heterocycles. The van der Waals surface area contributed by atoms with Crippen molar-refractivity contribution < 1.29 is 0 Å². The maximum atomic E-state index is 5.68. The summed E-state index contributed by atoms with van der Waals surface area (Å²) in [6, 6.07) is 8.44. The summed E-state index contributed by atoms with van der Waals surface area (Å²) >= 11 is 0. The first-order chi connectivity index (χ1) is 8.76. The lowest BCUT2D eigenvalue weighted by Gasteiger charge is -2.20. The van der Waals surface area contributed by atoms with Crippen molar-refractivity contribution in [1.29, 1.82) is 0 Å². The average molecular weight is 242 g/mol. The van der Waals surface area contributed by atoms with Crippen molar-refractivity contribution in [3.63, 3.8) is 0 Å². The van der Waals surface area contributed by atoms with Gasteiger partial charge in [-0.1, -0.05) is 19.1 Å². The van der Waals surface area contributed by atoms with Gasteiger partial charge in [0.05, 0.1) is 5.69 Å². The molecule has 0 spiro atoms. The zero-order valence-corrected chi connectivity index (χ0v) is 10.8. The molecule has 0 aliphatic rings. The summed E-state index contributed by atoms with van der Waals surface area (Å²) < 4.78 is 0. The van der Waals surface area contributed by atoms with Crippen LogP contribution in [0, 0.1) is 0 Å². The summed E-state index contributed by atoms with van der Waals surface area (Å²) in [6.07, 6.45) is 4.40. The molecule has 4 nitrogen and oxygen atoms in total. The molecule has 0 amide bonds. The van der Waals surface area contributed by atoms with E-state index in [1.807, 2.05) is 11.9 Å². The lowest BCUT2D eigenvalue weighted by atomic mass is 10.1. The number of aryl methyl sites for hydroxylation is 1. The summed E-state index contributed by atoms with van der Waals surface area (Å²) in [5.74, 6) is 0.809. The second-order valence-corrected chi connectivity index (χ2v) is 4.11. The molecule has 0 aliphatic carbocycles. The Hall–Kier alpha value is -1.94. The number of nitrogens with two attached hydrogens (primary N) is 1. The number of hydrogen-bond acceptors (Lipinski definition) is 4. The molecule has 0 bridgehead atoms. The van der Waals surface area contributed by atoms with E-state index < -0.39 is 0 Å². The third-order valence-electron chi connectivity index (χ3n) is 2.99. The van der Waals surface area contributed by atoms with Crippen molar-refractivity contribution in [3.05, 3.63) is 47.9 Å². The molecule has 0 saturated carbocycles. The van der Waals surface area contributed by atoms with Crippen LogP contribution in [0.2, 0.25) is 0 Å². The van der Waals surface area contributed by atoms with Gasteiger partial charge in [-0.15, -0.1) is 0 Å². The van der Waals surface area contributed by atoms with Crippen LogP contribution in [0.4, 0.5) is 11.5 Å². The Bertz CT molecular complexity index is 507. The third-order valence-corrected chi connectivity index (χ3v) is 2.99. The highest BCUT2D eigenvalue weighted by Crippen LogP contribution is 2.23. The Morgan fingerprint density at radius 3 is 2.39 bits per heavy atom. The Kier molecular flexibility index (Phi) is 3.89. The van der Waals surface area contributed by atoms with E-state index in [2.05, 4.69) is 41.2 Å². The molecule has 1 aromatic carbocycles. The van der Waals surface area contributed by atoms with Crippen molar-refractivity contribution in [2.24, 2.45) is 5.73 Å². The van der Waals surface area contributed by atoms with E-state index in [1.165, 1.54) is 5.56 Å². The Morgan fingerprint density at radius 1 is 1.11 bits per heavy atom. The van der Waals surface area contributed by atoms with E-state index in [1.54, 1.807) is 12.4 Å². The van der Waals surface area contributed by atoms with Gasteiger partial charge in [0.25, 0.3) is 0 Å². The zero-order valence-electron chi connectivity index (χ0n) is 10.8. The molecule has 2 aromatic rings. The second kappa shape index (κ2) is 5.60. The summed E-state index contributed by atoms with van der Waals surface area (Å²) in [5, 5.41) is 0. The van der Waals surface area contributed by atoms with Crippen molar-refractivity contribution in [3.8, 4) is 0 Å². The fraction of sp³-hybridized carbons (Fsp3) is 0.286. The van der Waals surface area contributed by atoms with E-state index in [-0.39, 0.29) is 0 Å². The van der Waals surface area contributed by atoms with Crippen LogP contribution in [-0.4, -0.2) is 17.0 Å². The van der Waals surface area contributed by atoms with Crippen LogP contribution < -0.4 is 10.6 Å². The van der Waals surface area contributed by atoms with Gasteiger partial charge in [0.2, 0.25) is 0 Å². The monoisotopic (exact) mass is 242 g/mol. The van der Waals surface area contributed by atoms with Gasteiger partial charge >= 0.3 is 0 Å². The van der Waals surface area contributed by atoms with Crippen molar-refractivity contribution in [1.82, 2.24) is 9.97 Å². The minimum absolute atomic E-state index is 0.389. The molecule has 2 rings (SSSR count). The molecule has 1 heterocycles. The second-order valence-electron chi connectivity index (χ2n) is 4.11. The van der Waals surface area contributed by atoms with Crippen LogP contribution >= 0.6 is 0 Å². The normalized spacial score (nSPS) is 10.4. The van der Waals surface area contributed by atoms with Crippen LogP contribution in [0.3, 0.4) is 0 Å². The Morgan fingerprint density at radius 2 is 1.78 bits per heavy atom. The SMILES string of the molecule is CCc1ccc(N(C)c2nccnc2CN)cc1. The molecule has 2 N–H and O–H groups in total. The Labute approximate surface area is 107 Å². The summed E-state index contributed by atoms with van der Waals surface area (Å²) in [5.41, 5.74) is 8.90. The topological polar surface area (TPSA) is 55.0 Å². The number of aromatic nitrogens is 2. The maximum Gasteiger partial charge on any atom is 0.155 e. The van der Waals surface area contributed by atoms with Gasteiger partial charge in [-0.25, -0.2) is 4.98 Å². The molecule has 0 radical (unpaired) electrons. The minimum atomic E-state index is 0.389. The lowest BCUT2D eigenvalue weighted by Crippen LogP contribution is -2.16. The van der Waals surface area contributed by atoms with Crippen molar-refractivity contribution in [2.75, 3.05) is 11.9 Å². The average Bonchev–Trinajstić information content (AvgIpc) is 2.46. The van der Waals surface area contributed by atoms with E-state index in [4.69, 9.17) is 5.73 Å². The Balaban J connectivity index is 2.31. The summed E-state index contributed by atoms with van der Waals surface area (Å²) in [4.78, 5) is 10.6. The third kappa shape index (κ3) is 2.49. The van der Waals surface area contributed by atoms with Crippen LogP contribution in [-0.2, 0) is 13.0 Å². The predicted octanol–water partition coefficient (Wildman–Crippen LogP) is 2.27. The summed E-state index contributed by atoms with van der Waals surface area (Å²) in [7, 11) is 1.98. The summed E-state index contributed by atoms with van der Waals surface area (Å²) in [6.45, 7) is 2.54. The largest absolute Gasteiger partial charge is 0.328 e. The van der Waals surface area contributed by atoms with E-state index >= 15 is 0 Å². The van der Waals surface area contributed by atoms with Gasteiger partial charge in [0, 0.05) is 31.7 Å². The van der Waals surface area contributed by atoms with E-state index in [0.29, 0.717) is 6.54 Å². The van der Waals surface area contributed by atoms with Gasteiger partial charge in [-0.2, -0.15) is 0 Å². The number of anilines is 2. The highest BCUT2D eigenvalue weighted by atomic mass is 15.2. The number of hydrogen-bond donors (Lipinski definition) is 1. The van der Waals surface area contributed by atoms with Crippen LogP contribution in [0.1, 0.15) is 18.2 Å². The van der Waals surface area contributed by atoms with Crippen molar-refractivity contribution >= 4 is 11.5 Å².